The standard InChI is InChI=1S/C27H32N6O3/c1-17-15-19(9-10-28-17)21-7-8-22(35-21)24(18-5-6-18)30-20-16-23-25(32-27(36-23)29-11-14-34)31-26(20)33-12-3-2-4-13-33/h7-10,15-16,18,24,30,34H,2-6,11-14H2,1H3,(H,29,31,32). The molecule has 0 spiro atoms. The van der Waals surface area contributed by atoms with Crippen molar-refractivity contribution in [2.24, 2.45) is 5.92 Å². The summed E-state index contributed by atoms with van der Waals surface area (Å²) in [6.45, 7) is 4.31. The maximum atomic E-state index is 9.14. The zero-order valence-electron chi connectivity index (χ0n) is 20.5. The second kappa shape index (κ2) is 9.81. The summed E-state index contributed by atoms with van der Waals surface area (Å²) in [5, 5.41) is 15.9. The second-order valence-corrected chi connectivity index (χ2v) is 9.75. The van der Waals surface area contributed by atoms with E-state index in [4.69, 9.17) is 18.9 Å². The Morgan fingerprint density at radius 3 is 2.72 bits per heavy atom. The zero-order valence-corrected chi connectivity index (χ0v) is 20.5. The highest BCUT2D eigenvalue weighted by atomic mass is 16.4. The summed E-state index contributed by atoms with van der Waals surface area (Å²) in [7, 11) is 0. The minimum absolute atomic E-state index is 0.00521. The van der Waals surface area contributed by atoms with Gasteiger partial charge in [0.05, 0.1) is 18.3 Å². The van der Waals surface area contributed by atoms with Gasteiger partial charge in [-0.25, -0.2) is 4.98 Å². The predicted octanol–water partition coefficient (Wildman–Crippen LogP) is 5.14. The van der Waals surface area contributed by atoms with Crippen LogP contribution in [0.5, 0.6) is 0 Å². The van der Waals surface area contributed by atoms with Crippen LogP contribution in [0.1, 0.15) is 49.6 Å². The normalized spacial score (nSPS) is 16.9. The van der Waals surface area contributed by atoms with Crippen LogP contribution in [0.4, 0.5) is 17.5 Å². The van der Waals surface area contributed by atoms with Crippen LogP contribution in [0.2, 0.25) is 0 Å². The van der Waals surface area contributed by atoms with Crippen LogP contribution in [0.15, 0.2) is 45.4 Å². The van der Waals surface area contributed by atoms with Crippen molar-refractivity contribution in [3.63, 3.8) is 0 Å². The van der Waals surface area contributed by atoms with Crippen molar-refractivity contribution in [1.29, 1.82) is 0 Å². The van der Waals surface area contributed by atoms with E-state index in [9.17, 15) is 0 Å². The van der Waals surface area contributed by atoms with Crippen molar-refractivity contribution in [1.82, 2.24) is 15.0 Å². The number of rotatable bonds is 9. The minimum atomic E-state index is 0.00521. The molecule has 4 aromatic heterocycles. The largest absolute Gasteiger partial charge is 0.459 e. The fourth-order valence-electron chi connectivity index (χ4n) is 4.94. The van der Waals surface area contributed by atoms with E-state index in [1.54, 1.807) is 0 Å². The molecule has 2 fully saturated rings. The number of anilines is 3. The average molecular weight is 489 g/mol. The highest BCUT2D eigenvalue weighted by molar-refractivity contribution is 5.82. The van der Waals surface area contributed by atoms with Crippen molar-refractivity contribution in [3.05, 3.63) is 48.0 Å². The lowest BCUT2D eigenvalue weighted by Crippen LogP contribution is -2.31. The molecule has 9 nitrogen and oxygen atoms in total. The van der Waals surface area contributed by atoms with E-state index in [1.807, 2.05) is 37.4 Å². The molecular formula is C27H32N6O3. The van der Waals surface area contributed by atoms with Crippen LogP contribution in [0.3, 0.4) is 0 Å². The van der Waals surface area contributed by atoms with Gasteiger partial charge in [-0.3, -0.25) is 4.98 Å². The van der Waals surface area contributed by atoms with Crippen LogP contribution < -0.4 is 15.5 Å². The van der Waals surface area contributed by atoms with Crippen molar-refractivity contribution in [3.8, 4) is 11.3 Å². The summed E-state index contributed by atoms with van der Waals surface area (Å²) in [6.07, 6.45) is 7.69. The Morgan fingerprint density at radius 1 is 1.08 bits per heavy atom. The van der Waals surface area contributed by atoms with Gasteiger partial charge in [-0.1, -0.05) is 0 Å². The first-order valence-electron chi connectivity index (χ1n) is 12.9. The monoisotopic (exact) mass is 488 g/mol. The topological polar surface area (TPSA) is 112 Å². The molecule has 9 heteroatoms. The number of fused-ring (bicyclic) bond motifs is 1. The molecule has 0 radical (unpaired) electrons. The van der Waals surface area contributed by atoms with E-state index >= 15 is 0 Å². The van der Waals surface area contributed by atoms with E-state index in [1.165, 1.54) is 6.42 Å². The number of nitrogens with one attached hydrogen (secondary N) is 2. The molecule has 5 heterocycles. The number of nitrogens with zero attached hydrogens (tertiary/aromatic N) is 4. The molecule has 1 saturated heterocycles. The third kappa shape index (κ3) is 4.75. The molecule has 1 aliphatic heterocycles. The minimum Gasteiger partial charge on any atom is -0.459 e. The molecule has 3 N–H and O–H groups in total. The van der Waals surface area contributed by atoms with Gasteiger partial charge in [-0.05, 0) is 69.2 Å². The number of aliphatic hydroxyl groups excluding tert-OH is 1. The summed E-state index contributed by atoms with van der Waals surface area (Å²) in [5.74, 6) is 3.19. The average Bonchev–Trinajstić information content (AvgIpc) is 3.48. The number of aryl methyl sites for hydroxylation is 1. The Balaban J connectivity index is 1.34. The Hall–Kier alpha value is -3.59. The van der Waals surface area contributed by atoms with Gasteiger partial charge in [0, 0.05) is 43.2 Å². The van der Waals surface area contributed by atoms with E-state index in [-0.39, 0.29) is 12.6 Å². The van der Waals surface area contributed by atoms with Gasteiger partial charge in [-0.15, -0.1) is 0 Å². The molecule has 1 aliphatic carbocycles. The van der Waals surface area contributed by atoms with Gasteiger partial charge in [0.15, 0.2) is 11.4 Å². The first kappa shape index (κ1) is 22.8. The van der Waals surface area contributed by atoms with Crippen molar-refractivity contribution < 1.29 is 13.9 Å². The molecule has 0 bridgehead atoms. The Kier molecular flexibility index (Phi) is 6.23. The summed E-state index contributed by atoms with van der Waals surface area (Å²) in [6, 6.07) is 10.6. The van der Waals surface area contributed by atoms with Gasteiger partial charge in [-0.2, -0.15) is 4.98 Å². The maximum Gasteiger partial charge on any atom is 0.297 e. The third-order valence-electron chi connectivity index (χ3n) is 6.93. The highest BCUT2D eigenvalue weighted by Crippen LogP contribution is 2.45. The maximum absolute atomic E-state index is 9.14. The molecule has 1 saturated carbocycles. The number of aliphatic hydroxyl groups is 1. The SMILES string of the molecule is Cc1cc(-c2ccc(C(Nc3cc4oc(NCCO)nc4nc3N3CCCCC3)C3CC3)o2)ccn1. The summed E-state index contributed by atoms with van der Waals surface area (Å²) < 4.78 is 12.3. The smallest absolute Gasteiger partial charge is 0.297 e. The summed E-state index contributed by atoms with van der Waals surface area (Å²) in [4.78, 5) is 16.1. The van der Waals surface area contributed by atoms with Gasteiger partial charge in [0.2, 0.25) is 5.65 Å². The highest BCUT2D eigenvalue weighted by Gasteiger charge is 2.35. The number of aromatic nitrogens is 3. The molecule has 6 rings (SSSR count). The molecular weight excluding hydrogens is 456 g/mol. The number of piperidine rings is 1. The Labute approximate surface area is 209 Å². The van der Waals surface area contributed by atoms with Crippen LogP contribution in [-0.4, -0.2) is 46.3 Å². The Morgan fingerprint density at radius 2 is 1.94 bits per heavy atom. The first-order valence-corrected chi connectivity index (χ1v) is 12.9. The molecule has 188 valence electrons. The van der Waals surface area contributed by atoms with Crippen LogP contribution in [0, 0.1) is 12.8 Å². The lowest BCUT2D eigenvalue weighted by atomic mass is 10.1. The summed E-state index contributed by atoms with van der Waals surface area (Å²) >= 11 is 0. The number of pyridine rings is 2. The first-order chi connectivity index (χ1) is 17.7. The third-order valence-corrected chi connectivity index (χ3v) is 6.93. The van der Waals surface area contributed by atoms with Gasteiger partial charge in [0.1, 0.15) is 11.5 Å². The molecule has 36 heavy (non-hydrogen) atoms. The number of furan rings is 1. The number of hydrogen-bond donors (Lipinski definition) is 3. The van der Waals surface area contributed by atoms with Crippen molar-refractivity contribution in [2.75, 3.05) is 41.8 Å². The lowest BCUT2D eigenvalue weighted by molar-refractivity contribution is 0.310. The van der Waals surface area contributed by atoms with Gasteiger partial charge < -0.3 is 29.5 Å². The van der Waals surface area contributed by atoms with Crippen molar-refractivity contribution in [2.45, 2.75) is 45.1 Å². The predicted molar refractivity (Wildman–Crippen MR) is 139 cm³/mol. The fraction of sp³-hybridized carbons (Fsp3) is 0.444. The molecule has 0 amide bonds. The van der Waals surface area contributed by atoms with Gasteiger partial charge in [0.25, 0.3) is 6.01 Å². The number of oxazole rings is 1. The van der Waals surface area contributed by atoms with Crippen LogP contribution in [0.25, 0.3) is 22.6 Å². The molecule has 2 aliphatic rings. The Bertz CT molecular complexity index is 1340. The number of hydrogen-bond acceptors (Lipinski definition) is 9. The van der Waals surface area contributed by atoms with Crippen molar-refractivity contribution >= 4 is 28.8 Å². The lowest BCUT2D eigenvalue weighted by Gasteiger charge is -2.30. The molecule has 4 aromatic rings. The van der Waals surface area contributed by atoms with E-state index in [0.29, 0.717) is 29.7 Å². The molecule has 1 unspecified atom stereocenters. The van der Waals surface area contributed by atoms with Crippen LogP contribution in [-0.2, 0) is 0 Å². The fourth-order valence-corrected chi connectivity index (χ4v) is 4.94. The second-order valence-electron chi connectivity index (χ2n) is 9.75. The van der Waals surface area contributed by atoms with Gasteiger partial charge >= 0.3 is 0 Å². The molecule has 0 aromatic carbocycles. The zero-order chi connectivity index (χ0) is 24.5. The van der Waals surface area contributed by atoms with Crippen LogP contribution >= 0.6 is 0 Å². The van der Waals surface area contributed by atoms with E-state index < -0.39 is 0 Å². The summed E-state index contributed by atoms with van der Waals surface area (Å²) in [5.41, 5.74) is 4.11. The van der Waals surface area contributed by atoms with E-state index in [2.05, 4.69) is 31.6 Å². The quantitative estimate of drug-likeness (QED) is 0.295. The molecule has 1 atom stereocenters. The van der Waals surface area contributed by atoms with E-state index in [0.717, 1.165) is 73.1 Å².